The average molecular weight is 879 g/mol. The molecule has 0 N–H and O–H groups in total. The molecular weight excluding hydrogens is 809 g/mol. The highest BCUT2D eigenvalue weighted by Gasteiger charge is 2.51. The maximum absolute atomic E-state index is 13.5. The van der Waals surface area contributed by atoms with Crippen molar-refractivity contribution in [3.8, 4) is 11.5 Å². The first-order valence-corrected chi connectivity index (χ1v) is 27.6. The molecule has 1 fully saturated rings. The smallest absolute Gasteiger partial charge is 0.338 e. The maximum Gasteiger partial charge on any atom is 0.338 e. The molecule has 4 atom stereocenters. The van der Waals surface area contributed by atoms with Crippen LogP contribution in [0.2, 0.25) is 30.7 Å². The second-order valence-corrected chi connectivity index (χ2v) is 28.9. The van der Waals surface area contributed by atoms with E-state index >= 15 is 0 Å². The fraction of sp³-hybridized carbons (Fsp3) is 0.442. The van der Waals surface area contributed by atoms with Gasteiger partial charge in [0.15, 0.2) is 5.79 Å². The van der Waals surface area contributed by atoms with Crippen molar-refractivity contribution in [1.29, 1.82) is 0 Å². The summed E-state index contributed by atoms with van der Waals surface area (Å²) in [5.41, 5.74) is 3.08. The van der Waals surface area contributed by atoms with Gasteiger partial charge in [-0.2, -0.15) is 0 Å². The second-order valence-electron chi connectivity index (χ2n) is 19.0. The minimum absolute atomic E-state index is 0.0987. The van der Waals surface area contributed by atoms with E-state index in [-0.39, 0.29) is 23.2 Å². The number of rotatable bonds is 20. The zero-order valence-electron chi connectivity index (χ0n) is 39.2. The molecule has 0 amide bonds. The van der Waals surface area contributed by atoms with Crippen LogP contribution in [0.4, 0.5) is 0 Å². The number of hydrogen-bond acceptors (Lipinski definition) is 8. The summed E-state index contributed by atoms with van der Waals surface area (Å²) >= 11 is 0. The molecule has 334 valence electrons. The van der Waals surface area contributed by atoms with Crippen LogP contribution in [0.1, 0.15) is 81.4 Å². The number of benzene rings is 4. The molecule has 1 aliphatic rings. The molecule has 1 saturated heterocycles. The lowest BCUT2D eigenvalue weighted by atomic mass is 9.99. The predicted molar refractivity (Wildman–Crippen MR) is 257 cm³/mol. The van der Waals surface area contributed by atoms with E-state index in [2.05, 4.69) is 120 Å². The lowest BCUT2D eigenvalue weighted by Crippen LogP contribution is -2.67. The summed E-state index contributed by atoms with van der Waals surface area (Å²) in [7, 11) is -0.839. The summed E-state index contributed by atoms with van der Waals surface area (Å²) in [6.07, 6.45) is 8.13. The van der Waals surface area contributed by atoms with E-state index in [1.54, 1.807) is 14.2 Å². The van der Waals surface area contributed by atoms with Gasteiger partial charge in [-0.3, -0.25) is 0 Å². The van der Waals surface area contributed by atoms with Crippen molar-refractivity contribution < 1.29 is 37.6 Å². The van der Waals surface area contributed by atoms with Crippen LogP contribution < -0.4 is 19.8 Å². The zero-order valence-corrected chi connectivity index (χ0v) is 41.2. The number of aryl methyl sites for hydroxylation is 1. The monoisotopic (exact) mass is 878 g/mol. The number of carbonyl (C=O) groups excluding carboxylic acids is 1. The second kappa shape index (κ2) is 21.4. The van der Waals surface area contributed by atoms with Gasteiger partial charge >= 0.3 is 5.97 Å². The molecule has 62 heavy (non-hydrogen) atoms. The lowest BCUT2D eigenvalue weighted by molar-refractivity contribution is -0.156. The molecule has 8 nitrogen and oxygen atoms in total. The van der Waals surface area contributed by atoms with Gasteiger partial charge in [0.05, 0.1) is 39.1 Å². The maximum atomic E-state index is 13.5. The van der Waals surface area contributed by atoms with Crippen LogP contribution in [-0.2, 0) is 30.0 Å². The van der Waals surface area contributed by atoms with Crippen molar-refractivity contribution >= 4 is 38.8 Å². The van der Waals surface area contributed by atoms with Gasteiger partial charge < -0.3 is 32.8 Å². The zero-order chi connectivity index (χ0) is 45.1. The molecule has 0 radical (unpaired) electrons. The van der Waals surface area contributed by atoms with Crippen molar-refractivity contribution in [1.82, 2.24) is 0 Å². The Hall–Kier alpha value is -4.30. The Balaban J connectivity index is 1.41. The highest BCUT2D eigenvalue weighted by Crippen LogP contribution is 2.38. The highest BCUT2D eigenvalue weighted by atomic mass is 28.4. The van der Waals surface area contributed by atoms with Crippen molar-refractivity contribution in [2.24, 2.45) is 0 Å². The Morgan fingerprint density at radius 3 is 2.02 bits per heavy atom. The van der Waals surface area contributed by atoms with Gasteiger partial charge in [-0.15, -0.1) is 0 Å². The average Bonchev–Trinajstić information content (AvgIpc) is 3.54. The standard InChI is InChI=1S/C52H70O8Si2/c1-38-35-43(55-9)36-41(48(38)50(53)56-33-34-61(10,11)12)22-20-28-47-49(59-52(6,7)58-47)46(57-37-40-29-31-42(54-8)32-30-40)27-19-21-39(2)60-62(51(3,4)5,44-23-15-13-16-24-44)45-25-17-14-18-26-45/h13-20,22-27,29-32,35-36,39,46-47,49H,21,28,33-34,37H2,1-12H3/b22-20+,27-19-/t39-,46?,47+,49-/m1/s1. The first-order chi connectivity index (χ1) is 29.4. The van der Waals surface area contributed by atoms with Gasteiger partial charge in [0.1, 0.15) is 23.7 Å². The number of hydrogen-bond donors (Lipinski definition) is 0. The Kier molecular flexibility index (Phi) is 16.8. The van der Waals surface area contributed by atoms with Crippen molar-refractivity contribution in [3.63, 3.8) is 0 Å². The van der Waals surface area contributed by atoms with E-state index in [1.165, 1.54) is 10.4 Å². The summed E-state index contributed by atoms with van der Waals surface area (Å²) in [6.45, 7) is 22.4. The lowest BCUT2D eigenvalue weighted by Gasteiger charge is -2.44. The summed E-state index contributed by atoms with van der Waals surface area (Å²) in [5, 5.41) is 2.36. The van der Waals surface area contributed by atoms with E-state index in [0.717, 1.165) is 28.5 Å². The van der Waals surface area contributed by atoms with Crippen molar-refractivity contribution in [3.05, 3.63) is 138 Å². The number of ether oxygens (including phenoxy) is 6. The molecule has 0 saturated carbocycles. The quantitative estimate of drug-likeness (QED) is 0.0493. The van der Waals surface area contributed by atoms with Gasteiger partial charge in [0.2, 0.25) is 0 Å². The summed E-state index contributed by atoms with van der Waals surface area (Å²) in [6, 6.07) is 34.0. The third-order valence-corrected chi connectivity index (χ3v) is 18.1. The molecule has 0 spiro atoms. The molecule has 5 rings (SSSR count). The van der Waals surface area contributed by atoms with Crippen LogP contribution in [0.3, 0.4) is 0 Å². The van der Waals surface area contributed by atoms with Gasteiger partial charge in [-0.05, 0) is 103 Å². The normalized spacial score (nSPS) is 17.9. The molecule has 10 heteroatoms. The minimum Gasteiger partial charge on any atom is -0.497 e. The van der Waals surface area contributed by atoms with E-state index in [4.69, 9.17) is 32.8 Å². The van der Waals surface area contributed by atoms with Crippen LogP contribution in [0.25, 0.3) is 6.08 Å². The van der Waals surface area contributed by atoms with Crippen molar-refractivity contribution in [2.45, 2.75) is 129 Å². The van der Waals surface area contributed by atoms with Crippen LogP contribution in [0.5, 0.6) is 11.5 Å². The molecule has 1 aliphatic heterocycles. The molecular formula is C52H70O8Si2. The fourth-order valence-corrected chi connectivity index (χ4v) is 13.5. The predicted octanol–water partition coefficient (Wildman–Crippen LogP) is 10.9. The molecule has 0 bridgehead atoms. The minimum atomic E-state index is -2.75. The summed E-state index contributed by atoms with van der Waals surface area (Å²) < 4.78 is 44.2. The van der Waals surface area contributed by atoms with E-state index < -0.39 is 34.4 Å². The van der Waals surface area contributed by atoms with Crippen molar-refractivity contribution in [2.75, 3.05) is 20.8 Å². The van der Waals surface area contributed by atoms with Gasteiger partial charge in [0, 0.05) is 14.2 Å². The number of esters is 1. The van der Waals surface area contributed by atoms with Gasteiger partial charge in [-0.25, -0.2) is 4.79 Å². The Morgan fingerprint density at radius 1 is 0.839 bits per heavy atom. The van der Waals surface area contributed by atoms with Crippen LogP contribution >= 0.6 is 0 Å². The fourth-order valence-electron chi connectivity index (χ4n) is 8.10. The molecule has 4 aromatic carbocycles. The Morgan fingerprint density at radius 2 is 1.45 bits per heavy atom. The molecule has 1 heterocycles. The summed E-state index contributed by atoms with van der Waals surface area (Å²) in [5.74, 6) is 0.282. The van der Waals surface area contributed by atoms with Crippen LogP contribution in [-0.4, -0.2) is 73.4 Å². The first-order valence-electron chi connectivity index (χ1n) is 21.9. The first kappa shape index (κ1) is 48.7. The topological polar surface area (TPSA) is 81.7 Å². The van der Waals surface area contributed by atoms with Gasteiger partial charge in [-0.1, -0.05) is 138 Å². The van der Waals surface area contributed by atoms with E-state index in [1.807, 2.05) is 69.3 Å². The molecule has 0 aliphatic carbocycles. The summed E-state index contributed by atoms with van der Waals surface area (Å²) in [4.78, 5) is 13.5. The number of methoxy groups -OCH3 is 2. The molecule has 1 unspecified atom stereocenters. The number of carbonyl (C=O) groups is 1. The van der Waals surface area contributed by atoms with Crippen LogP contribution in [0.15, 0.2) is 115 Å². The van der Waals surface area contributed by atoms with E-state index in [9.17, 15) is 4.79 Å². The molecule has 4 aromatic rings. The SMILES string of the molecule is COc1ccc(COC(/C=C\C[C@@H](C)O[Si](c2ccccc2)(c2ccccc2)C(C)(C)C)[C@H]2OC(C)(C)O[C@H]2C/C=C/c2cc(OC)cc(C)c2C(=O)OCC[Si](C)(C)C)cc1. The van der Waals surface area contributed by atoms with Gasteiger partial charge in [0.25, 0.3) is 8.32 Å². The molecule has 0 aromatic heterocycles. The van der Waals surface area contributed by atoms with E-state index in [0.29, 0.717) is 37.4 Å². The third kappa shape index (κ3) is 12.9. The third-order valence-electron chi connectivity index (χ3n) is 11.3. The Labute approximate surface area is 373 Å². The highest BCUT2D eigenvalue weighted by molar-refractivity contribution is 6.99. The van der Waals surface area contributed by atoms with Crippen LogP contribution in [0, 0.1) is 6.92 Å². The Bertz CT molecular complexity index is 2050. The largest absolute Gasteiger partial charge is 0.497 e.